The van der Waals surface area contributed by atoms with Crippen molar-refractivity contribution < 1.29 is 13.9 Å². The number of hydrogen-bond acceptors (Lipinski definition) is 5. The number of nitrogens with one attached hydrogen (secondary N) is 1. The van der Waals surface area contributed by atoms with Crippen molar-refractivity contribution in [1.29, 1.82) is 0 Å². The van der Waals surface area contributed by atoms with Crippen molar-refractivity contribution in [2.24, 2.45) is 0 Å². The van der Waals surface area contributed by atoms with Gasteiger partial charge in [0.15, 0.2) is 0 Å². The molecule has 0 saturated carbocycles. The number of nitrogens with zero attached hydrogens (tertiary/aromatic N) is 2. The number of rotatable bonds is 6. The van der Waals surface area contributed by atoms with Crippen LogP contribution in [0, 0.1) is 6.92 Å². The highest BCUT2D eigenvalue weighted by atomic mass is 16.5. The zero-order valence-electron chi connectivity index (χ0n) is 14.2. The van der Waals surface area contributed by atoms with Crippen LogP contribution in [0.4, 0.5) is 5.69 Å². The number of aryl methyl sites for hydroxylation is 2. The van der Waals surface area contributed by atoms with Gasteiger partial charge in [-0.15, -0.1) is 10.2 Å². The Morgan fingerprint density at radius 1 is 1.12 bits per heavy atom. The zero-order chi connectivity index (χ0) is 17.6. The van der Waals surface area contributed by atoms with Gasteiger partial charge in [-0.05, 0) is 30.7 Å². The van der Waals surface area contributed by atoms with Gasteiger partial charge in [0.2, 0.25) is 11.8 Å². The number of carbonyl (C=O) groups is 1. The summed E-state index contributed by atoms with van der Waals surface area (Å²) >= 11 is 0. The molecule has 0 aliphatic rings. The fourth-order valence-corrected chi connectivity index (χ4v) is 2.43. The van der Waals surface area contributed by atoms with E-state index in [1.165, 1.54) is 0 Å². The number of carbonyl (C=O) groups excluding carboxylic acids is 1. The monoisotopic (exact) mass is 337 g/mol. The molecule has 1 amide bonds. The fourth-order valence-electron chi connectivity index (χ4n) is 2.43. The molecule has 0 fully saturated rings. The molecule has 6 nitrogen and oxygen atoms in total. The maximum Gasteiger partial charge on any atom is 0.251 e. The third kappa shape index (κ3) is 4.03. The third-order valence-electron chi connectivity index (χ3n) is 3.79. The molecular weight excluding hydrogens is 318 g/mol. The first-order valence-corrected chi connectivity index (χ1v) is 7.98. The van der Waals surface area contributed by atoms with E-state index in [9.17, 15) is 4.79 Å². The van der Waals surface area contributed by atoms with Gasteiger partial charge in [-0.2, -0.15) is 0 Å². The maximum atomic E-state index is 12.1. The van der Waals surface area contributed by atoms with Crippen LogP contribution in [0.2, 0.25) is 0 Å². The summed E-state index contributed by atoms with van der Waals surface area (Å²) in [6.07, 6.45) is 0.641. The molecule has 3 aromatic rings. The van der Waals surface area contributed by atoms with Gasteiger partial charge < -0.3 is 14.5 Å². The summed E-state index contributed by atoms with van der Waals surface area (Å²) in [5.41, 5.74) is 2.56. The number of para-hydroxylation sites is 2. The number of anilines is 1. The first-order valence-electron chi connectivity index (χ1n) is 7.98. The van der Waals surface area contributed by atoms with Crippen LogP contribution in [0.3, 0.4) is 0 Å². The van der Waals surface area contributed by atoms with E-state index in [0.29, 0.717) is 24.0 Å². The standard InChI is InChI=1S/C19H19N3O3/c1-13-7-3-5-9-15(13)20-17(23)11-12-18-21-22-19(25-18)14-8-4-6-10-16(14)24-2/h3-10H,11-12H2,1-2H3,(H,20,23). The Morgan fingerprint density at radius 2 is 1.88 bits per heavy atom. The lowest BCUT2D eigenvalue weighted by Crippen LogP contribution is -2.13. The minimum absolute atomic E-state index is 0.0914. The van der Waals surface area contributed by atoms with Gasteiger partial charge in [0.1, 0.15) is 5.75 Å². The van der Waals surface area contributed by atoms with E-state index >= 15 is 0 Å². The predicted molar refractivity (Wildman–Crippen MR) is 94.4 cm³/mol. The predicted octanol–water partition coefficient (Wildman–Crippen LogP) is 3.62. The molecule has 2 aromatic carbocycles. The van der Waals surface area contributed by atoms with Crippen molar-refractivity contribution in [3.05, 3.63) is 60.0 Å². The molecule has 0 bridgehead atoms. The van der Waals surface area contributed by atoms with E-state index in [-0.39, 0.29) is 12.3 Å². The number of hydrogen-bond donors (Lipinski definition) is 1. The second-order valence-electron chi connectivity index (χ2n) is 5.56. The average molecular weight is 337 g/mol. The summed E-state index contributed by atoms with van der Waals surface area (Å²) in [5.74, 6) is 1.37. The molecule has 3 rings (SSSR count). The van der Waals surface area contributed by atoms with Crippen molar-refractivity contribution in [2.75, 3.05) is 12.4 Å². The Kier molecular flexibility index (Phi) is 5.09. The van der Waals surface area contributed by atoms with Crippen LogP contribution >= 0.6 is 0 Å². The van der Waals surface area contributed by atoms with Crippen LogP contribution in [-0.4, -0.2) is 23.2 Å². The molecule has 0 unspecified atom stereocenters. The van der Waals surface area contributed by atoms with Crippen LogP contribution in [0.25, 0.3) is 11.5 Å². The number of ether oxygens (including phenoxy) is 1. The van der Waals surface area contributed by atoms with Gasteiger partial charge in [0.05, 0.1) is 12.7 Å². The minimum atomic E-state index is -0.0914. The van der Waals surface area contributed by atoms with E-state index < -0.39 is 0 Å². The second kappa shape index (κ2) is 7.61. The molecule has 128 valence electrons. The highest BCUT2D eigenvalue weighted by molar-refractivity contribution is 5.91. The van der Waals surface area contributed by atoms with Crippen LogP contribution in [0.1, 0.15) is 17.9 Å². The molecule has 0 saturated heterocycles. The minimum Gasteiger partial charge on any atom is -0.496 e. The number of amides is 1. The highest BCUT2D eigenvalue weighted by Gasteiger charge is 2.14. The first kappa shape index (κ1) is 16.7. The molecule has 0 atom stereocenters. The van der Waals surface area contributed by atoms with Gasteiger partial charge in [0, 0.05) is 18.5 Å². The molecule has 0 aliphatic heterocycles. The van der Waals surface area contributed by atoms with Crippen LogP contribution in [0.15, 0.2) is 52.9 Å². The molecular formula is C19H19N3O3. The largest absolute Gasteiger partial charge is 0.496 e. The van der Waals surface area contributed by atoms with Crippen LogP contribution in [0.5, 0.6) is 5.75 Å². The van der Waals surface area contributed by atoms with Crippen molar-refractivity contribution in [2.45, 2.75) is 19.8 Å². The normalized spacial score (nSPS) is 10.5. The zero-order valence-corrected chi connectivity index (χ0v) is 14.2. The quantitative estimate of drug-likeness (QED) is 0.743. The van der Waals surface area contributed by atoms with E-state index in [2.05, 4.69) is 15.5 Å². The molecule has 1 heterocycles. The Bertz CT molecular complexity index is 874. The van der Waals surface area contributed by atoms with Gasteiger partial charge >= 0.3 is 0 Å². The summed E-state index contributed by atoms with van der Waals surface area (Å²) < 4.78 is 10.9. The summed E-state index contributed by atoms with van der Waals surface area (Å²) in [5, 5.41) is 10.9. The summed E-state index contributed by atoms with van der Waals surface area (Å²) in [7, 11) is 1.59. The van der Waals surface area contributed by atoms with Gasteiger partial charge in [-0.1, -0.05) is 30.3 Å². The number of aromatic nitrogens is 2. The van der Waals surface area contributed by atoms with Crippen molar-refractivity contribution >= 4 is 11.6 Å². The lowest BCUT2D eigenvalue weighted by atomic mass is 10.2. The SMILES string of the molecule is COc1ccccc1-c1nnc(CCC(=O)Nc2ccccc2C)o1. The van der Waals surface area contributed by atoms with E-state index in [1.807, 2.05) is 55.5 Å². The second-order valence-corrected chi connectivity index (χ2v) is 5.56. The van der Waals surface area contributed by atoms with Crippen molar-refractivity contribution in [1.82, 2.24) is 10.2 Å². The number of benzene rings is 2. The molecule has 1 N–H and O–H groups in total. The lowest BCUT2D eigenvalue weighted by Gasteiger charge is -2.07. The number of methoxy groups -OCH3 is 1. The van der Waals surface area contributed by atoms with Crippen molar-refractivity contribution in [3.63, 3.8) is 0 Å². The van der Waals surface area contributed by atoms with Crippen LogP contribution < -0.4 is 10.1 Å². The maximum absolute atomic E-state index is 12.1. The molecule has 1 aromatic heterocycles. The Morgan fingerprint density at radius 3 is 2.68 bits per heavy atom. The fraction of sp³-hybridized carbons (Fsp3) is 0.211. The lowest BCUT2D eigenvalue weighted by molar-refractivity contribution is -0.116. The summed E-state index contributed by atoms with van der Waals surface area (Å²) in [6, 6.07) is 15.1. The van der Waals surface area contributed by atoms with Gasteiger partial charge in [-0.3, -0.25) is 4.79 Å². The average Bonchev–Trinajstić information content (AvgIpc) is 3.11. The smallest absolute Gasteiger partial charge is 0.251 e. The Hall–Kier alpha value is -3.15. The van der Waals surface area contributed by atoms with E-state index in [0.717, 1.165) is 16.8 Å². The third-order valence-corrected chi connectivity index (χ3v) is 3.79. The molecule has 0 radical (unpaired) electrons. The summed E-state index contributed by atoms with van der Waals surface area (Å²) in [6.45, 7) is 1.95. The molecule has 6 heteroatoms. The van der Waals surface area contributed by atoms with E-state index in [1.54, 1.807) is 7.11 Å². The van der Waals surface area contributed by atoms with E-state index in [4.69, 9.17) is 9.15 Å². The van der Waals surface area contributed by atoms with Gasteiger partial charge in [-0.25, -0.2) is 0 Å². The molecule has 25 heavy (non-hydrogen) atoms. The van der Waals surface area contributed by atoms with Crippen LogP contribution in [-0.2, 0) is 11.2 Å². The Labute approximate surface area is 145 Å². The first-order chi connectivity index (χ1) is 12.2. The molecule has 0 aliphatic carbocycles. The van der Waals surface area contributed by atoms with Crippen molar-refractivity contribution in [3.8, 4) is 17.2 Å². The summed E-state index contributed by atoms with van der Waals surface area (Å²) in [4.78, 5) is 12.1. The Balaban J connectivity index is 1.62. The van der Waals surface area contributed by atoms with Gasteiger partial charge in [0.25, 0.3) is 5.89 Å². The highest BCUT2D eigenvalue weighted by Crippen LogP contribution is 2.28. The topological polar surface area (TPSA) is 77.2 Å². The molecule has 0 spiro atoms.